The fourth-order valence-electron chi connectivity index (χ4n) is 3.07. The molecular weight excluding hydrogens is 350 g/mol. The first kappa shape index (κ1) is 17.9. The number of hydrogen-bond acceptors (Lipinski definition) is 4. The third kappa shape index (κ3) is 3.36. The number of anilines is 1. The predicted molar refractivity (Wildman–Crippen MR) is 110 cm³/mol. The Morgan fingerprint density at radius 2 is 1.86 bits per heavy atom. The molecule has 6 nitrogen and oxygen atoms in total. The molecular formula is C22H21N5O. The van der Waals surface area contributed by atoms with Crippen LogP contribution in [0.5, 0.6) is 0 Å². The van der Waals surface area contributed by atoms with Gasteiger partial charge in [-0.2, -0.15) is 5.10 Å². The van der Waals surface area contributed by atoms with Crippen LogP contribution >= 0.6 is 0 Å². The van der Waals surface area contributed by atoms with Crippen molar-refractivity contribution < 1.29 is 4.79 Å². The summed E-state index contributed by atoms with van der Waals surface area (Å²) in [6, 6.07) is 15.5. The fourth-order valence-corrected chi connectivity index (χ4v) is 3.07. The van der Waals surface area contributed by atoms with Crippen LogP contribution < -0.4 is 5.32 Å². The summed E-state index contributed by atoms with van der Waals surface area (Å²) in [6.45, 7) is 6.04. The zero-order valence-corrected chi connectivity index (χ0v) is 16.0. The number of hydrogen-bond donors (Lipinski definition) is 1. The van der Waals surface area contributed by atoms with E-state index in [0.29, 0.717) is 17.0 Å². The number of benzene rings is 1. The van der Waals surface area contributed by atoms with E-state index < -0.39 is 0 Å². The summed E-state index contributed by atoms with van der Waals surface area (Å²) in [5.41, 5.74) is 3.94. The summed E-state index contributed by atoms with van der Waals surface area (Å²) in [6.07, 6.45) is 3.43. The Balaban J connectivity index is 1.83. The molecule has 0 saturated carbocycles. The Labute approximate surface area is 163 Å². The Kier molecular flexibility index (Phi) is 4.61. The lowest BCUT2D eigenvalue weighted by Crippen LogP contribution is -2.14. The van der Waals surface area contributed by atoms with Crippen LogP contribution in [0.4, 0.5) is 5.82 Å². The molecule has 0 bridgehead atoms. The molecule has 0 unspecified atom stereocenters. The number of fused-ring (bicyclic) bond motifs is 1. The quantitative estimate of drug-likeness (QED) is 0.567. The maximum absolute atomic E-state index is 13.1. The van der Waals surface area contributed by atoms with Crippen LogP contribution in [0.3, 0.4) is 0 Å². The van der Waals surface area contributed by atoms with Crippen molar-refractivity contribution in [1.82, 2.24) is 19.7 Å². The minimum absolute atomic E-state index is 0.130. The van der Waals surface area contributed by atoms with Gasteiger partial charge < -0.3 is 5.32 Å². The van der Waals surface area contributed by atoms with E-state index in [4.69, 9.17) is 4.98 Å². The number of rotatable bonds is 4. The molecule has 0 aliphatic carbocycles. The average Bonchev–Trinajstić information content (AvgIpc) is 3.14. The maximum Gasteiger partial charge on any atom is 0.257 e. The molecule has 3 aromatic heterocycles. The van der Waals surface area contributed by atoms with Gasteiger partial charge >= 0.3 is 0 Å². The predicted octanol–water partition coefficient (Wildman–Crippen LogP) is 4.63. The van der Waals surface area contributed by atoms with Gasteiger partial charge in [-0.1, -0.05) is 36.4 Å². The van der Waals surface area contributed by atoms with E-state index in [2.05, 4.69) is 15.4 Å². The third-order valence-corrected chi connectivity index (χ3v) is 4.52. The van der Waals surface area contributed by atoms with Gasteiger partial charge in [0, 0.05) is 17.8 Å². The minimum atomic E-state index is -0.232. The maximum atomic E-state index is 13.1. The smallest absolute Gasteiger partial charge is 0.257 e. The SMILES string of the molecule is Cc1ccc(NC(=O)c2cc(-c3ccccc3)nc3c2cnn3C(C)C)nc1. The number of amides is 1. The van der Waals surface area contributed by atoms with Crippen LogP contribution in [-0.4, -0.2) is 25.7 Å². The number of pyridine rings is 2. The van der Waals surface area contributed by atoms with Crippen molar-refractivity contribution in [2.75, 3.05) is 5.32 Å². The van der Waals surface area contributed by atoms with Crippen LogP contribution in [0.1, 0.15) is 35.8 Å². The van der Waals surface area contributed by atoms with Crippen molar-refractivity contribution in [3.8, 4) is 11.3 Å². The van der Waals surface area contributed by atoms with Crippen molar-refractivity contribution in [1.29, 1.82) is 0 Å². The highest BCUT2D eigenvalue weighted by atomic mass is 16.1. The second-order valence-electron chi connectivity index (χ2n) is 7.02. The fraction of sp³-hybridized carbons (Fsp3) is 0.182. The monoisotopic (exact) mass is 371 g/mol. The van der Waals surface area contributed by atoms with Crippen LogP contribution in [0.2, 0.25) is 0 Å². The van der Waals surface area contributed by atoms with Crippen LogP contribution in [0.15, 0.2) is 60.9 Å². The number of carbonyl (C=O) groups excluding carboxylic acids is 1. The third-order valence-electron chi connectivity index (χ3n) is 4.52. The van der Waals surface area contributed by atoms with Crippen molar-refractivity contribution in [3.05, 3.63) is 72.1 Å². The molecule has 0 atom stereocenters. The molecule has 1 amide bonds. The average molecular weight is 371 g/mol. The van der Waals surface area contributed by atoms with Gasteiger partial charge in [-0.25, -0.2) is 14.6 Å². The van der Waals surface area contributed by atoms with Crippen molar-refractivity contribution in [3.63, 3.8) is 0 Å². The highest BCUT2D eigenvalue weighted by molar-refractivity contribution is 6.12. The summed E-state index contributed by atoms with van der Waals surface area (Å²) in [5.74, 6) is 0.280. The molecule has 0 radical (unpaired) electrons. The van der Waals surface area contributed by atoms with E-state index in [1.54, 1.807) is 18.5 Å². The normalized spacial score (nSPS) is 11.1. The molecule has 0 aliphatic rings. The molecule has 140 valence electrons. The van der Waals surface area contributed by atoms with Gasteiger partial charge in [0.2, 0.25) is 0 Å². The Morgan fingerprint density at radius 3 is 2.54 bits per heavy atom. The number of nitrogens with zero attached hydrogens (tertiary/aromatic N) is 4. The Hall–Kier alpha value is -3.54. The first-order valence-electron chi connectivity index (χ1n) is 9.20. The van der Waals surface area contributed by atoms with Gasteiger partial charge in [-0.15, -0.1) is 0 Å². The van der Waals surface area contributed by atoms with E-state index in [-0.39, 0.29) is 11.9 Å². The first-order valence-corrected chi connectivity index (χ1v) is 9.20. The standard InChI is InChI=1S/C22H21N5O/c1-14(2)27-21-18(13-24-27)17(11-19(25-21)16-7-5-4-6-8-16)22(28)26-20-10-9-15(3)12-23-20/h4-14H,1-3H3,(H,23,26,28). The van der Waals surface area contributed by atoms with Crippen LogP contribution in [0.25, 0.3) is 22.3 Å². The van der Waals surface area contributed by atoms with Gasteiger partial charge in [0.25, 0.3) is 5.91 Å². The number of aryl methyl sites for hydroxylation is 1. The first-order chi connectivity index (χ1) is 13.5. The molecule has 0 aliphatic heterocycles. The second kappa shape index (κ2) is 7.23. The van der Waals surface area contributed by atoms with E-state index in [0.717, 1.165) is 22.2 Å². The van der Waals surface area contributed by atoms with Crippen molar-refractivity contribution in [2.24, 2.45) is 0 Å². The molecule has 1 aromatic carbocycles. The Morgan fingerprint density at radius 1 is 1.07 bits per heavy atom. The van der Waals surface area contributed by atoms with E-state index in [9.17, 15) is 4.79 Å². The van der Waals surface area contributed by atoms with Gasteiger partial charge in [0.05, 0.1) is 22.8 Å². The number of nitrogens with one attached hydrogen (secondary N) is 1. The molecule has 0 spiro atoms. The lowest BCUT2D eigenvalue weighted by molar-refractivity contribution is 0.102. The number of carbonyl (C=O) groups is 1. The van der Waals surface area contributed by atoms with Gasteiger partial charge in [0.1, 0.15) is 5.82 Å². The van der Waals surface area contributed by atoms with Gasteiger partial charge in [-0.3, -0.25) is 4.79 Å². The molecule has 0 fully saturated rings. The summed E-state index contributed by atoms with van der Waals surface area (Å²) < 4.78 is 1.84. The Bertz CT molecular complexity index is 1130. The topological polar surface area (TPSA) is 72.7 Å². The largest absolute Gasteiger partial charge is 0.307 e. The van der Waals surface area contributed by atoms with E-state index >= 15 is 0 Å². The highest BCUT2D eigenvalue weighted by Crippen LogP contribution is 2.26. The molecule has 3 heterocycles. The molecule has 4 rings (SSSR count). The highest BCUT2D eigenvalue weighted by Gasteiger charge is 2.19. The minimum Gasteiger partial charge on any atom is -0.307 e. The molecule has 4 aromatic rings. The molecule has 6 heteroatoms. The zero-order valence-electron chi connectivity index (χ0n) is 16.0. The summed E-state index contributed by atoms with van der Waals surface area (Å²) in [7, 11) is 0. The van der Waals surface area contributed by atoms with Crippen LogP contribution in [-0.2, 0) is 0 Å². The van der Waals surface area contributed by atoms with Crippen LogP contribution in [0, 0.1) is 6.92 Å². The number of aromatic nitrogens is 4. The second-order valence-corrected chi connectivity index (χ2v) is 7.02. The molecule has 1 N–H and O–H groups in total. The van der Waals surface area contributed by atoms with Crippen molar-refractivity contribution >= 4 is 22.8 Å². The summed E-state index contributed by atoms with van der Waals surface area (Å²) in [4.78, 5) is 22.1. The zero-order chi connectivity index (χ0) is 19.7. The van der Waals surface area contributed by atoms with Crippen molar-refractivity contribution in [2.45, 2.75) is 26.8 Å². The lowest BCUT2D eigenvalue weighted by atomic mass is 10.1. The van der Waals surface area contributed by atoms with Gasteiger partial charge in [0.15, 0.2) is 5.65 Å². The van der Waals surface area contributed by atoms with E-state index in [1.165, 1.54) is 0 Å². The van der Waals surface area contributed by atoms with E-state index in [1.807, 2.05) is 67.9 Å². The summed E-state index contributed by atoms with van der Waals surface area (Å²) >= 11 is 0. The molecule has 28 heavy (non-hydrogen) atoms. The summed E-state index contributed by atoms with van der Waals surface area (Å²) in [5, 5.41) is 8.05. The van der Waals surface area contributed by atoms with Gasteiger partial charge in [-0.05, 0) is 38.5 Å². The molecule has 0 saturated heterocycles. The lowest BCUT2D eigenvalue weighted by Gasteiger charge is -2.11.